The largest absolute Gasteiger partial charge is 0.462 e. The van der Waals surface area contributed by atoms with Crippen LogP contribution in [0.1, 0.15) is 40.2 Å². The Bertz CT molecular complexity index is 957. The smallest absolute Gasteiger partial charge is 0.370 e. The van der Waals surface area contributed by atoms with Crippen molar-refractivity contribution in [3.05, 3.63) is 40.0 Å². The summed E-state index contributed by atoms with van der Waals surface area (Å²) in [6, 6.07) is 5.99. The van der Waals surface area contributed by atoms with E-state index in [-0.39, 0.29) is 31.3 Å². The Balaban J connectivity index is 4.12. The fraction of sp³-hybridized carbons (Fsp3) is 0.500. The van der Waals surface area contributed by atoms with E-state index in [0.717, 1.165) is 0 Å². The zero-order valence-electron chi connectivity index (χ0n) is 18.4. The molecule has 0 aliphatic rings. The van der Waals surface area contributed by atoms with Gasteiger partial charge < -0.3 is 18.5 Å². The van der Waals surface area contributed by atoms with Crippen molar-refractivity contribution >= 4 is 29.4 Å². The average molecular weight is 476 g/mol. The van der Waals surface area contributed by atoms with Crippen LogP contribution in [0.2, 0.25) is 0 Å². The standard InChI is InChI=1S/C20H29O9PS/c1-6-15-13-11-12-14-16(15)31(24,25)18(20(22)27-8-3)17(19(21)26-7-2)30(23,28-9-4)29-10-5/h11-14H,6-10H2,1-5H3/b18-17+. The summed E-state index contributed by atoms with van der Waals surface area (Å²) in [4.78, 5) is 24.4. The maximum Gasteiger partial charge on any atom is 0.370 e. The highest BCUT2D eigenvalue weighted by Gasteiger charge is 2.46. The highest BCUT2D eigenvalue weighted by molar-refractivity contribution is 7.96. The van der Waals surface area contributed by atoms with Crippen molar-refractivity contribution in [3.8, 4) is 0 Å². The highest BCUT2D eigenvalue weighted by atomic mass is 32.2. The minimum absolute atomic E-state index is 0.164. The van der Waals surface area contributed by atoms with Crippen molar-refractivity contribution in [2.45, 2.75) is 45.9 Å². The molecule has 9 nitrogen and oxygen atoms in total. The lowest BCUT2D eigenvalue weighted by Gasteiger charge is -2.22. The summed E-state index contributed by atoms with van der Waals surface area (Å²) in [6.45, 7) is 6.95. The molecule has 174 valence electrons. The molecule has 0 saturated carbocycles. The Morgan fingerprint density at radius 1 is 0.839 bits per heavy atom. The van der Waals surface area contributed by atoms with Gasteiger partial charge in [-0.15, -0.1) is 0 Å². The van der Waals surface area contributed by atoms with E-state index in [9.17, 15) is 22.6 Å². The third-order valence-corrected chi connectivity index (χ3v) is 8.12. The molecule has 0 aliphatic heterocycles. The van der Waals surface area contributed by atoms with Crippen molar-refractivity contribution in [3.63, 3.8) is 0 Å². The van der Waals surface area contributed by atoms with Gasteiger partial charge in [-0.3, -0.25) is 4.57 Å². The molecule has 0 radical (unpaired) electrons. The van der Waals surface area contributed by atoms with Gasteiger partial charge in [0, 0.05) is 0 Å². The molecule has 0 atom stereocenters. The van der Waals surface area contributed by atoms with Gasteiger partial charge in [-0.25, -0.2) is 18.0 Å². The number of hydrogen-bond acceptors (Lipinski definition) is 9. The molecule has 0 unspecified atom stereocenters. The predicted molar refractivity (Wildman–Crippen MR) is 114 cm³/mol. The van der Waals surface area contributed by atoms with E-state index in [1.807, 2.05) is 0 Å². The molecule has 0 heterocycles. The molecule has 0 aromatic heterocycles. The lowest BCUT2D eigenvalue weighted by molar-refractivity contribution is -0.140. The number of hydrogen-bond donors (Lipinski definition) is 0. The number of aryl methyl sites for hydroxylation is 1. The van der Waals surface area contributed by atoms with Crippen LogP contribution in [0.25, 0.3) is 0 Å². The molecule has 11 heteroatoms. The molecule has 0 bridgehead atoms. The van der Waals surface area contributed by atoms with Gasteiger partial charge >= 0.3 is 19.5 Å². The molecular weight excluding hydrogens is 447 g/mol. The van der Waals surface area contributed by atoms with E-state index >= 15 is 0 Å². The van der Waals surface area contributed by atoms with E-state index in [2.05, 4.69) is 0 Å². The SMILES string of the molecule is CCOC(=O)/C(=C(/C(=O)OCC)S(=O)(=O)c1ccccc1CC)P(=O)(OCC)OCC. The van der Waals surface area contributed by atoms with Crippen molar-refractivity contribution in [2.24, 2.45) is 0 Å². The first kappa shape index (κ1) is 27.0. The number of carbonyl (C=O) groups is 2. The minimum atomic E-state index is -4.68. The van der Waals surface area contributed by atoms with Gasteiger partial charge in [0.05, 0.1) is 31.3 Å². The number of carbonyl (C=O) groups excluding carboxylic acids is 2. The number of benzene rings is 1. The minimum Gasteiger partial charge on any atom is -0.462 e. The summed E-state index contributed by atoms with van der Waals surface area (Å²) in [5.74, 6) is -2.65. The normalized spacial score (nSPS) is 12.8. The lowest BCUT2D eigenvalue weighted by atomic mass is 10.2. The van der Waals surface area contributed by atoms with Crippen LogP contribution in [0.15, 0.2) is 39.4 Å². The zero-order chi connectivity index (χ0) is 23.7. The van der Waals surface area contributed by atoms with Gasteiger partial charge in [0.2, 0.25) is 9.84 Å². The van der Waals surface area contributed by atoms with Gasteiger partial charge in [0.25, 0.3) is 0 Å². The Hall–Kier alpha value is -2.00. The molecule has 0 fully saturated rings. The van der Waals surface area contributed by atoms with Crippen LogP contribution in [0.5, 0.6) is 0 Å². The van der Waals surface area contributed by atoms with Crippen molar-refractivity contribution in [1.82, 2.24) is 0 Å². The predicted octanol–water partition coefficient (Wildman–Crippen LogP) is 3.63. The second-order valence-corrected chi connectivity index (χ2v) is 9.73. The Labute approximate surface area is 183 Å². The Morgan fingerprint density at radius 2 is 1.35 bits per heavy atom. The second kappa shape index (κ2) is 12.1. The summed E-state index contributed by atoms with van der Waals surface area (Å²) in [5, 5.41) is -0.998. The Morgan fingerprint density at radius 3 is 1.84 bits per heavy atom. The first-order chi connectivity index (χ1) is 14.6. The Kier molecular flexibility index (Phi) is 10.6. The molecule has 0 N–H and O–H groups in total. The quantitative estimate of drug-likeness (QED) is 0.253. The van der Waals surface area contributed by atoms with Crippen LogP contribution in [0.3, 0.4) is 0 Å². The number of esters is 2. The summed E-state index contributed by atoms with van der Waals surface area (Å²) in [6.07, 6.45) is 0.328. The highest BCUT2D eigenvalue weighted by Crippen LogP contribution is 2.58. The fourth-order valence-electron chi connectivity index (χ4n) is 2.73. The van der Waals surface area contributed by atoms with Gasteiger partial charge in [-0.1, -0.05) is 25.1 Å². The van der Waals surface area contributed by atoms with Crippen LogP contribution in [0, 0.1) is 0 Å². The molecule has 0 saturated heterocycles. The lowest BCUT2D eigenvalue weighted by Crippen LogP contribution is -2.24. The first-order valence-electron chi connectivity index (χ1n) is 9.95. The number of sulfone groups is 1. The van der Waals surface area contributed by atoms with Gasteiger partial charge in [-0.2, -0.15) is 0 Å². The average Bonchev–Trinajstić information content (AvgIpc) is 2.72. The third-order valence-electron chi connectivity index (χ3n) is 3.93. The molecule has 31 heavy (non-hydrogen) atoms. The van der Waals surface area contributed by atoms with E-state index in [1.54, 1.807) is 19.1 Å². The fourth-order valence-corrected chi connectivity index (χ4v) is 6.72. The van der Waals surface area contributed by atoms with Crippen LogP contribution in [-0.2, 0) is 48.9 Å². The zero-order valence-corrected chi connectivity index (χ0v) is 20.1. The van der Waals surface area contributed by atoms with Crippen molar-refractivity contribution in [2.75, 3.05) is 26.4 Å². The van der Waals surface area contributed by atoms with E-state index < -0.39 is 39.6 Å². The van der Waals surface area contributed by atoms with Gasteiger partial charge in [0.15, 0.2) is 10.2 Å². The summed E-state index contributed by atoms with van der Waals surface area (Å²) in [5.41, 5.74) is 0.398. The van der Waals surface area contributed by atoms with Crippen LogP contribution >= 0.6 is 7.60 Å². The van der Waals surface area contributed by atoms with E-state index in [0.29, 0.717) is 12.0 Å². The maximum absolute atomic E-state index is 13.6. The molecule has 0 spiro atoms. The van der Waals surface area contributed by atoms with Crippen LogP contribution < -0.4 is 0 Å². The number of ether oxygens (including phenoxy) is 2. The van der Waals surface area contributed by atoms with E-state index in [4.69, 9.17) is 18.5 Å². The van der Waals surface area contributed by atoms with Crippen LogP contribution in [0.4, 0.5) is 0 Å². The molecule has 1 rings (SSSR count). The molecule has 0 amide bonds. The van der Waals surface area contributed by atoms with Crippen molar-refractivity contribution < 1.29 is 41.1 Å². The van der Waals surface area contributed by atoms with Gasteiger partial charge in [-0.05, 0) is 45.7 Å². The summed E-state index contributed by atoms with van der Waals surface area (Å²) < 4.78 is 61.1. The third kappa shape index (κ3) is 6.26. The number of rotatable bonds is 12. The summed E-state index contributed by atoms with van der Waals surface area (Å²) >= 11 is 0. The molecular formula is C20H29O9PS. The van der Waals surface area contributed by atoms with Gasteiger partial charge in [0.1, 0.15) is 0 Å². The summed E-state index contributed by atoms with van der Waals surface area (Å²) in [7, 11) is -9.24. The maximum atomic E-state index is 13.6. The second-order valence-electron chi connectivity index (χ2n) is 5.92. The molecule has 1 aromatic rings. The first-order valence-corrected chi connectivity index (χ1v) is 13.0. The van der Waals surface area contributed by atoms with Crippen molar-refractivity contribution in [1.29, 1.82) is 0 Å². The topological polar surface area (TPSA) is 122 Å². The monoisotopic (exact) mass is 476 g/mol. The van der Waals surface area contributed by atoms with E-state index in [1.165, 1.54) is 39.8 Å². The van der Waals surface area contributed by atoms with Crippen LogP contribution in [-0.4, -0.2) is 46.8 Å². The molecule has 1 aromatic carbocycles. The molecule has 0 aliphatic carbocycles.